The molecule has 134 valence electrons. The van der Waals surface area contributed by atoms with E-state index in [1.165, 1.54) is 12.4 Å². The van der Waals surface area contributed by atoms with Gasteiger partial charge in [0.1, 0.15) is 5.50 Å². The summed E-state index contributed by atoms with van der Waals surface area (Å²) in [6.45, 7) is 3.24. The average molecular weight is 392 g/mol. The first-order valence-electron chi connectivity index (χ1n) is 7.11. The normalized spacial score (nSPS) is 13.4. The zero-order valence-corrected chi connectivity index (χ0v) is 14.7. The van der Waals surface area contributed by atoms with E-state index in [-0.39, 0.29) is 10.7 Å². The van der Waals surface area contributed by atoms with E-state index in [1.807, 2.05) is 0 Å². The summed E-state index contributed by atoms with van der Waals surface area (Å²) in [6.07, 6.45) is -0.968. The molecule has 2 aromatic heterocycles. The topological polar surface area (TPSA) is 54.9 Å². The van der Waals surface area contributed by atoms with Gasteiger partial charge in [-0.15, -0.1) is 0 Å². The Morgan fingerprint density at radius 2 is 1.96 bits per heavy atom. The molecule has 9 heteroatoms. The lowest BCUT2D eigenvalue weighted by atomic mass is 9.87. The first kappa shape index (κ1) is 19.5. The molecule has 1 N–H and O–H groups in total. The Kier molecular flexibility index (Phi) is 5.58. The number of carbonyl (C=O) groups excluding carboxylic acids is 1. The third-order valence-corrected chi connectivity index (χ3v) is 4.54. The maximum absolute atomic E-state index is 12.7. The summed E-state index contributed by atoms with van der Waals surface area (Å²) in [5.41, 5.74) is -2.51. The number of alkyl halides is 4. The molecule has 0 radical (unpaired) electrons. The van der Waals surface area contributed by atoms with E-state index in [2.05, 4.69) is 15.3 Å². The molecule has 25 heavy (non-hydrogen) atoms. The lowest BCUT2D eigenvalue weighted by molar-refractivity contribution is -0.137. The van der Waals surface area contributed by atoms with E-state index >= 15 is 0 Å². The van der Waals surface area contributed by atoms with Crippen LogP contribution >= 0.6 is 23.2 Å². The fourth-order valence-electron chi connectivity index (χ4n) is 2.06. The van der Waals surface area contributed by atoms with Gasteiger partial charge in [0, 0.05) is 24.0 Å². The number of amides is 1. The monoisotopic (exact) mass is 391 g/mol. The van der Waals surface area contributed by atoms with Gasteiger partial charge in [-0.3, -0.25) is 14.8 Å². The molecule has 0 fully saturated rings. The first-order valence-corrected chi connectivity index (χ1v) is 7.93. The van der Waals surface area contributed by atoms with E-state index in [1.54, 1.807) is 26.0 Å². The van der Waals surface area contributed by atoms with Crippen LogP contribution in [0.1, 0.15) is 35.5 Å². The quantitative estimate of drug-likeness (QED) is 0.619. The van der Waals surface area contributed by atoms with Crippen molar-refractivity contribution in [2.45, 2.75) is 30.9 Å². The molecular formula is C16H14Cl2F3N3O. The highest BCUT2D eigenvalue weighted by Crippen LogP contribution is 2.36. The van der Waals surface area contributed by atoms with Crippen molar-refractivity contribution < 1.29 is 18.0 Å². The molecule has 2 aromatic rings. The van der Waals surface area contributed by atoms with E-state index in [9.17, 15) is 18.0 Å². The molecule has 2 rings (SSSR count). The van der Waals surface area contributed by atoms with Crippen molar-refractivity contribution in [2.75, 3.05) is 0 Å². The summed E-state index contributed by atoms with van der Waals surface area (Å²) >= 11 is 12.3. The number of pyridine rings is 2. The van der Waals surface area contributed by atoms with Crippen LogP contribution in [0.25, 0.3) is 0 Å². The largest absolute Gasteiger partial charge is 0.417 e. The lowest BCUT2D eigenvalue weighted by Crippen LogP contribution is -2.44. The maximum atomic E-state index is 12.7. The second-order valence-electron chi connectivity index (χ2n) is 5.85. The molecule has 2 heterocycles. The Hall–Kier alpha value is -1.86. The van der Waals surface area contributed by atoms with E-state index in [0.717, 1.165) is 6.07 Å². The molecule has 1 amide bonds. The highest BCUT2D eigenvalue weighted by Gasteiger charge is 2.37. The Balaban J connectivity index is 2.24. The predicted octanol–water partition coefficient (Wildman–Crippen LogP) is 4.42. The summed E-state index contributed by atoms with van der Waals surface area (Å²) in [5, 5.41) is 2.39. The third-order valence-electron chi connectivity index (χ3n) is 3.59. The molecule has 0 saturated heterocycles. The van der Waals surface area contributed by atoms with Crippen LogP contribution in [0.15, 0.2) is 36.8 Å². The summed E-state index contributed by atoms with van der Waals surface area (Å²) in [4.78, 5) is 19.8. The van der Waals surface area contributed by atoms with Crippen molar-refractivity contribution >= 4 is 29.1 Å². The van der Waals surface area contributed by atoms with Crippen LogP contribution in [0.4, 0.5) is 13.2 Å². The number of hydrogen-bond donors (Lipinski definition) is 1. The molecular weight excluding hydrogens is 378 g/mol. The minimum absolute atomic E-state index is 0.147. The SMILES string of the molecule is CC(C)(c1ncc(C(F)(F)F)cc1Cl)C(Cl)NC(=O)c1cccnc1. The number of aromatic nitrogens is 2. The summed E-state index contributed by atoms with van der Waals surface area (Å²) in [6, 6.07) is 3.94. The van der Waals surface area contributed by atoms with Gasteiger partial charge in [-0.1, -0.05) is 37.0 Å². The van der Waals surface area contributed by atoms with Gasteiger partial charge in [-0.25, -0.2) is 0 Å². The standard InChI is InChI=1S/C16H14Cl2F3N3O/c1-15(2,12-11(17)6-10(8-23-12)16(19,20)21)14(18)24-13(25)9-4-3-5-22-7-9/h3-8,14H,1-2H3,(H,24,25). The molecule has 0 spiro atoms. The Labute approximate surface area is 152 Å². The number of carbonyl (C=O) groups is 1. The Morgan fingerprint density at radius 1 is 1.28 bits per heavy atom. The smallest absolute Gasteiger partial charge is 0.335 e. The van der Waals surface area contributed by atoms with Crippen LogP contribution < -0.4 is 5.32 Å². The van der Waals surface area contributed by atoms with Gasteiger partial charge in [0.2, 0.25) is 0 Å². The highest BCUT2D eigenvalue weighted by atomic mass is 35.5. The lowest BCUT2D eigenvalue weighted by Gasteiger charge is -2.31. The van der Waals surface area contributed by atoms with Crippen molar-refractivity contribution in [1.82, 2.24) is 15.3 Å². The molecule has 0 aliphatic carbocycles. The number of halogens is 5. The maximum Gasteiger partial charge on any atom is 0.417 e. The van der Waals surface area contributed by atoms with Crippen LogP contribution in [0, 0.1) is 0 Å². The van der Waals surface area contributed by atoms with Gasteiger partial charge >= 0.3 is 6.18 Å². The van der Waals surface area contributed by atoms with E-state index in [0.29, 0.717) is 11.8 Å². The fourth-order valence-corrected chi connectivity index (χ4v) is 2.68. The van der Waals surface area contributed by atoms with Crippen LogP contribution in [0.2, 0.25) is 5.02 Å². The van der Waals surface area contributed by atoms with Crippen LogP contribution in [0.5, 0.6) is 0 Å². The Morgan fingerprint density at radius 3 is 2.48 bits per heavy atom. The first-order chi connectivity index (χ1) is 11.5. The van der Waals surface area contributed by atoms with Gasteiger partial charge in [-0.2, -0.15) is 13.2 Å². The highest BCUT2D eigenvalue weighted by molar-refractivity contribution is 6.31. The van der Waals surface area contributed by atoms with Crippen LogP contribution in [-0.2, 0) is 11.6 Å². The van der Waals surface area contributed by atoms with Gasteiger partial charge in [0.15, 0.2) is 0 Å². The second kappa shape index (κ2) is 7.17. The number of rotatable bonds is 4. The number of nitrogens with one attached hydrogen (secondary N) is 1. The van der Waals surface area contributed by atoms with Gasteiger partial charge in [0.05, 0.1) is 21.8 Å². The Bertz CT molecular complexity index is 767. The second-order valence-corrected chi connectivity index (χ2v) is 6.70. The van der Waals surface area contributed by atoms with Crippen molar-refractivity contribution in [3.05, 3.63) is 58.6 Å². The van der Waals surface area contributed by atoms with Crippen LogP contribution in [0.3, 0.4) is 0 Å². The fraction of sp³-hybridized carbons (Fsp3) is 0.312. The van der Waals surface area contributed by atoms with Crippen molar-refractivity contribution in [3.63, 3.8) is 0 Å². The molecule has 1 atom stereocenters. The van der Waals surface area contributed by atoms with Gasteiger partial charge < -0.3 is 5.32 Å². The molecule has 0 aliphatic heterocycles. The van der Waals surface area contributed by atoms with Crippen molar-refractivity contribution in [1.29, 1.82) is 0 Å². The summed E-state index contributed by atoms with van der Waals surface area (Å²) in [5.74, 6) is -0.468. The number of nitrogens with zero attached hydrogens (tertiary/aromatic N) is 2. The number of hydrogen-bond acceptors (Lipinski definition) is 3. The average Bonchev–Trinajstić information content (AvgIpc) is 2.54. The molecule has 4 nitrogen and oxygen atoms in total. The molecule has 0 aromatic carbocycles. The molecule has 0 aliphatic rings. The zero-order valence-electron chi connectivity index (χ0n) is 13.2. The minimum Gasteiger partial charge on any atom is -0.335 e. The van der Waals surface area contributed by atoms with E-state index in [4.69, 9.17) is 23.2 Å². The van der Waals surface area contributed by atoms with Gasteiger partial charge in [-0.05, 0) is 18.2 Å². The van der Waals surface area contributed by atoms with Crippen molar-refractivity contribution in [2.24, 2.45) is 0 Å². The predicted molar refractivity (Wildman–Crippen MR) is 88.6 cm³/mol. The zero-order chi connectivity index (χ0) is 18.8. The van der Waals surface area contributed by atoms with Gasteiger partial charge in [0.25, 0.3) is 5.91 Å². The molecule has 0 bridgehead atoms. The van der Waals surface area contributed by atoms with Crippen LogP contribution in [-0.4, -0.2) is 21.4 Å². The molecule has 0 saturated carbocycles. The minimum atomic E-state index is -4.55. The summed E-state index contributed by atoms with van der Waals surface area (Å²) in [7, 11) is 0. The van der Waals surface area contributed by atoms with Crippen molar-refractivity contribution in [3.8, 4) is 0 Å². The molecule has 1 unspecified atom stereocenters. The summed E-state index contributed by atoms with van der Waals surface area (Å²) < 4.78 is 38.2. The third kappa shape index (κ3) is 4.41. The van der Waals surface area contributed by atoms with E-state index < -0.39 is 28.6 Å².